The lowest BCUT2D eigenvalue weighted by atomic mass is 9.97. The van der Waals surface area contributed by atoms with Crippen molar-refractivity contribution in [2.24, 2.45) is 5.92 Å². The minimum atomic E-state index is -0.145. The average Bonchev–Trinajstić information content (AvgIpc) is 2.68. The summed E-state index contributed by atoms with van der Waals surface area (Å²) in [6.45, 7) is 1.83. The highest BCUT2D eigenvalue weighted by Gasteiger charge is 2.28. The first-order valence-corrected chi connectivity index (χ1v) is 7.26. The molecular weight excluding hydrogens is 241 g/mol. The number of hydrogen-bond acceptors (Lipinski definition) is 2. The average molecular weight is 265 g/mol. The zero-order valence-corrected chi connectivity index (χ0v) is 11.7. The second-order valence-electron chi connectivity index (χ2n) is 5.78. The van der Waals surface area contributed by atoms with E-state index in [0.717, 1.165) is 50.8 Å². The summed E-state index contributed by atoms with van der Waals surface area (Å²) in [6.07, 6.45) is 5.32. The standard InChI is InChI=1S/C16H24FNO/c1-18-11-14(16(19)12-18)8-4-2-3-6-13-7-5-9-15(17)10-13/h5,7,9-10,14,16,19H,2-4,6,8,11-12H2,1H3/t14-,16+/m0/s1. The number of unbranched alkanes of at least 4 members (excludes halogenated alkanes) is 2. The summed E-state index contributed by atoms with van der Waals surface area (Å²) in [6, 6.07) is 6.87. The summed E-state index contributed by atoms with van der Waals surface area (Å²) in [7, 11) is 2.06. The maximum Gasteiger partial charge on any atom is 0.123 e. The van der Waals surface area contributed by atoms with Crippen LogP contribution in [0.2, 0.25) is 0 Å². The number of likely N-dealkylation sites (N-methyl/N-ethyl adjacent to an activating group) is 1. The van der Waals surface area contributed by atoms with Crippen LogP contribution in [0.25, 0.3) is 0 Å². The van der Waals surface area contributed by atoms with E-state index in [-0.39, 0.29) is 11.9 Å². The van der Waals surface area contributed by atoms with Gasteiger partial charge in [0.15, 0.2) is 0 Å². The van der Waals surface area contributed by atoms with Crippen LogP contribution in [0, 0.1) is 11.7 Å². The Bertz CT molecular complexity index is 396. The monoisotopic (exact) mass is 265 g/mol. The molecule has 1 saturated heterocycles. The number of likely N-dealkylation sites (tertiary alicyclic amines) is 1. The maximum absolute atomic E-state index is 13.0. The predicted molar refractivity (Wildman–Crippen MR) is 75.6 cm³/mol. The third kappa shape index (κ3) is 4.59. The Labute approximate surface area is 115 Å². The normalized spacial score (nSPS) is 23.9. The molecule has 0 saturated carbocycles. The Morgan fingerprint density at radius 2 is 2.11 bits per heavy atom. The van der Waals surface area contributed by atoms with E-state index < -0.39 is 0 Å². The van der Waals surface area contributed by atoms with Crippen molar-refractivity contribution in [2.75, 3.05) is 20.1 Å². The molecule has 1 fully saturated rings. The van der Waals surface area contributed by atoms with Crippen molar-refractivity contribution in [3.8, 4) is 0 Å². The van der Waals surface area contributed by atoms with Crippen molar-refractivity contribution < 1.29 is 9.50 Å². The fourth-order valence-electron chi connectivity index (χ4n) is 2.95. The van der Waals surface area contributed by atoms with Gasteiger partial charge in [-0.1, -0.05) is 25.0 Å². The number of hydrogen-bond donors (Lipinski definition) is 1. The molecule has 0 aromatic heterocycles. The lowest BCUT2D eigenvalue weighted by molar-refractivity contribution is 0.138. The van der Waals surface area contributed by atoms with Gasteiger partial charge in [-0.2, -0.15) is 0 Å². The molecule has 3 heteroatoms. The van der Waals surface area contributed by atoms with Crippen molar-refractivity contribution in [3.63, 3.8) is 0 Å². The first kappa shape index (κ1) is 14.5. The summed E-state index contributed by atoms with van der Waals surface area (Å²) < 4.78 is 13.0. The van der Waals surface area contributed by atoms with Crippen molar-refractivity contribution >= 4 is 0 Å². The Morgan fingerprint density at radius 3 is 2.79 bits per heavy atom. The zero-order chi connectivity index (χ0) is 13.7. The molecule has 0 spiro atoms. The quantitative estimate of drug-likeness (QED) is 0.800. The summed E-state index contributed by atoms with van der Waals surface area (Å²) >= 11 is 0. The molecule has 0 radical (unpaired) electrons. The van der Waals surface area contributed by atoms with Gasteiger partial charge in [0, 0.05) is 13.1 Å². The zero-order valence-electron chi connectivity index (χ0n) is 11.7. The van der Waals surface area contributed by atoms with E-state index in [2.05, 4.69) is 11.9 Å². The van der Waals surface area contributed by atoms with Crippen LogP contribution in [0.4, 0.5) is 4.39 Å². The van der Waals surface area contributed by atoms with Gasteiger partial charge in [0.05, 0.1) is 6.10 Å². The number of nitrogens with zero attached hydrogens (tertiary/aromatic N) is 1. The number of aryl methyl sites for hydroxylation is 1. The van der Waals surface area contributed by atoms with E-state index in [1.165, 1.54) is 6.07 Å². The maximum atomic E-state index is 13.0. The van der Waals surface area contributed by atoms with Gasteiger partial charge in [-0.3, -0.25) is 0 Å². The summed E-state index contributed by atoms with van der Waals surface area (Å²) in [4.78, 5) is 2.20. The van der Waals surface area contributed by atoms with E-state index in [0.29, 0.717) is 5.92 Å². The fourth-order valence-corrected chi connectivity index (χ4v) is 2.95. The van der Waals surface area contributed by atoms with Crippen LogP contribution in [-0.2, 0) is 6.42 Å². The number of aliphatic hydroxyl groups excluding tert-OH is 1. The molecule has 106 valence electrons. The molecule has 0 amide bonds. The second-order valence-corrected chi connectivity index (χ2v) is 5.78. The van der Waals surface area contributed by atoms with Crippen LogP contribution in [-0.4, -0.2) is 36.2 Å². The number of rotatable bonds is 6. The smallest absolute Gasteiger partial charge is 0.123 e. The van der Waals surface area contributed by atoms with Crippen molar-refractivity contribution in [2.45, 2.75) is 38.2 Å². The topological polar surface area (TPSA) is 23.5 Å². The van der Waals surface area contributed by atoms with Gasteiger partial charge in [-0.05, 0) is 49.9 Å². The second kappa shape index (κ2) is 7.01. The van der Waals surface area contributed by atoms with E-state index in [9.17, 15) is 9.50 Å². The lowest BCUT2D eigenvalue weighted by Crippen LogP contribution is -2.17. The van der Waals surface area contributed by atoms with Crippen LogP contribution in [0.5, 0.6) is 0 Å². The molecule has 1 aliphatic heterocycles. The molecule has 1 aromatic carbocycles. The van der Waals surface area contributed by atoms with E-state index in [1.54, 1.807) is 12.1 Å². The summed E-state index contributed by atoms with van der Waals surface area (Å²) in [5.74, 6) is 0.300. The summed E-state index contributed by atoms with van der Waals surface area (Å²) in [5.41, 5.74) is 1.08. The van der Waals surface area contributed by atoms with Gasteiger partial charge < -0.3 is 10.0 Å². The van der Waals surface area contributed by atoms with Gasteiger partial charge >= 0.3 is 0 Å². The molecule has 1 N–H and O–H groups in total. The Hall–Kier alpha value is -0.930. The van der Waals surface area contributed by atoms with Crippen LogP contribution >= 0.6 is 0 Å². The van der Waals surface area contributed by atoms with Crippen molar-refractivity contribution in [1.29, 1.82) is 0 Å². The van der Waals surface area contributed by atoms with Crippen LogP contribution in [0.15, 0.2) is 24.3 Å². The highest BCUT2D eigenvalue weighted by atomic mass is 19.1. The van der Waals surface area contributed by atoms with Crippen LogP contribution in [0.1, 0.15) is 31.2 Å². The van der Waals surface area contributed by atoms with Crippen LogP contribution in [0.3, 0.4) is 0 Å². The van der Waals surface area contributed by atoms with E-state index in [4.69, 9.17) is 0 Å². The Kier molecular flexibility index (Phi) is 5.34. The molecule has 2 rings (SSSR count). The van der Waals surface area contributed by atoms with Crippen molar-refractivity contribution in [1.82, 2.24) is 4.90 Å². The highest BCUT2D eigenvalue weighted by molar-refractivity contribution is 5.16. The van der Waals surface area contributed by atoms with E-state index in [1.807, 2.05) is 6.07 Å². The predicted octanol–water partition coefficient (Wildman–Crippen LogP) is 2.85. The van der Waals surface area contributed by atoms with Gasteiger partial charge in [0.2, 0.25) is 0 Å². The van der Waals surface area contributed by atoms with Gasteiger partial charge in [0.25, 0.3) is 0 Å². The minimum Gasteiger partial charge on any atom is -0.391 e. The Balaban J connectivity index is 1.60. The van der Waals surface area contributed by atoms with E-state index >= 15 is 0 Å². The van der Waals surface area contributed by atoms with Gasteiger partial charge in [-0.15, -0.1) is 0 Å². The van der Waals surface area contributed by atoms with Gasteiger partial charge in [0.1, 0.15) is 5.82 Å². The molecule has 2 atom stereocenters. The number of benzene rings is 1. The molecule has 0 aliphatic carbocycles. The molecule has 19 heavy (non-hydrogen) atoms. The number of β-amino-alcohol motifs (C(OH)–C–C–N with tert-alkyl or cyclic N) is 1. The SMILES string of the molecule is CN1C[C@H](CCCCCc2cccc(F)c2)[C@H](O)C1. The number of aliphatic hydroxyl groups is 1. The first-order valence-electron chi connectivity index (χ1n) is 7.26. The number of halogens is 1. The fraction of sp³-hybridized carbons (Fsp3) is 0.625. The largest absolute Gasteiger partial charge is 0.391 e. The lowest BCUT2D eigenvalue weighted by Gasteiger charge is -2.12. The first-order chi connectivity index (χ1) is 9.15. The third-order valence-corrected chi connectivity index (χ3v) is 4.02. The molecule has 1 aromatic rings. The summed E-state index contributed by atoms with van der Waals surface area (Å²) in [5, 5.41) is 9.84. The molecule has 1 heterocycles. The van der Waals surface area contributed by atoms with Crippen LogP contribution < -0.4 is 0 Å². The van der Waals surface area contributed by atoms with Gasteiger partial charge in [-0.25, -0.2) is 4.39 Å². The molecular formula is C16H24FNO. The highest BCUT2D eigenvalue weighted by Crippen LogP contribution is 2.21. The third-order valence-electron chi connectivity index (χ3n) is 4.02. The molecule has 0 unspecified atom stereocenters. The molecule has 2 nitrogen and oxygen atoms in total. The molecule has 1 aliphatic rings. The minimum absolute atomic E-state index is 0.144. The molecule has 0 bridgehead atoms. The Morgan fingerprint density at radius 1 is 1.26 bits per heavy atom. The van der Waals surface area contributed by atoms with Crippen molar-refractivity contribution in [3.05, 3.63) is 35.6 Å².